The Morgan fingerprint density at radius 2 is 1.72 bits per heavy atom. The lowest BCUT2D eigenvalue weighted by Crippen LogP contribution is -2.40. The quantitative estimate of drug-likeness (QED) is 0.415. The van der Waals surface area contributed by atoms with Crippen LogP contribution in [0.25, 0.3) is 11.4 Å². The second-order valence-electron chi connectivity index (χ2n) is 9.30. The number of nitrogens with zero attached hydrogens (tertiary/aromatic N) is 5. The minimum Gasteiger partial charge on any atom is -0.379 e. The van der Waals surface area contributed by atoms with Crippen molar-refractivity contribution >= 4 is 22.4 Å². The van der Waals surface area contributed by atoms with Gasteiger partial charge in [0.15, 0.2) is 5.82 Å². The van der Waals surface area contributed by atoms with Gasteiger partial charge in [0.1, 0.15) is 5.82 Å². The fraction of sp³-hybridized carbons (Fsp3) is 0.462. The number of ether oxygens (including phenoxy) is 1. The van der Waals surface area contributed by atoms with Crippen LogP contribution in [-0.2, 0) is 41.2 Å². The van der Waals surface area contributed by atoms with Crippen molar-refractivity contribution in [3.05, 3.63) is 65.5 Å². The smallest absolute Gasteiger partial charge is 0.243 e. The normalized spacial score (nSPS) is 16.9. The number of hydrogen-bond donors (Lipinski definition) is 0. The van der Waals surface area contributed by atoms with Gasteiger partial charge in [-0.1, -0.05) is 36.4 Å². The van der Waals surface area contributed by atoms with Crippen molar-refractivity contribution < 1.29 is 13.2 Å². The summed E-state index contributed by atoms with van der Waals surface area (Å²) in [6, 6.07) is 15.8. The maximum atomic E-state index is 13.1. The summed E-state index contributed by atoms with van der Waals surface area (Å²) in [5, 5.41) is 8.79. The summed E-state index contributed by atoms with van der Waals surface area (Å²) in [4.78, 5) is 2.83. The highest BCUT2D eigenvalue weighted by Gasteiger charge is 2.27. The molecule has 8 nitrogen and oxygen atoms in total. The van der Waals surface area contributed by atoms with Gasteiger partial charge < -0.3 is 9.30 Å². The van der Waals surface area contributed by atoms with E-state index in [1.807, 2.05) is 37.4 Å². The molecule has 5 rings (SSSR count). The Morgan fingerprint density at radius 3 is 2.50 bits per heavy atom. The third-order valence-electron chi connectivity index (χ3n) is 7.00. The first-order valence-electron chi connectivity index (χ1n) is 12.4. The van der Waals surface area contributed by atoms with Crippen LogP contribution >= 0.6 is 12.4 Å². The van der Waals surface area contributed by atoms with Crippen molar-refractivity contribution in [2.45, 2.75) is 37.1 Å². The van der Waals surface area contributed by atoms with Crippen LogP contribution in [0.2, 0.25) is 0 Å². The number of benzene rings is 2. The van der Waals surface area contributed by atoms with Gasteiger partial charge in [0.25, 0.3) is 0 Å². The molecule has 10 heteroatoms. The van der Waals surface area contributed by atoms with Crippen molar-refractivity contribution in [2.24, 2.45) is 7.05 Å². The summed E-state index contributed by atoms with van der Waals surface area (Å²) in [5.74, 6) is 1.90. The lowest BCUT2D eigenvalue weighted by molar-refractivity contribution is 0.0730. The molecule has 2 aliphatic rings. The number of sulfonamides is 1. The van der Waals surface area contributed by atoms with Crippen molar-refractivity contribution in [3.63, 3.8) is 0 Å². The van der Waals surface area contributed by atoms with Crippen LogP contribution in [-0.4, -0.2) is 71.8 Å². The Bertz CT molecular complexity index is 1260. The van der Waals surface area contributed by atoms with Gasteiger partial charge in [0.05, 0.1) is 18.1 Å². The van der Waals surface area contributed by atoms with E-state index in [4.69, 9.17) is 4.74 Å². The SMILES string of the molecule is Cl.Cn1c(CCCCN2CCc3ccc(S(=O)(=O)N4CCOCC4)cc3C2)nnc1-c1ccccc1. The van der Waals surface area contributed by atoms with Gasteiger partial charge in [-0.15, -0.1) is 22.6 Å². The van der Waals surface area contributed by atoms with E-state index >= 15 is 0 Å². The standard InChI is InChI=1S/C26H33N5O3S.ClH/c1-29-25(27-28-26(29)22-7-3-2-4-8-22)9-5-6-13-30-14-12-21-10-11-24(19-23(21)20-30)35(32,33)31-15-17-34-18-16-31;/h2-4,7-8,10-11,19H,5-6,9,12-18,20H2,1H3;1H. The molecular formula is C26H34ClN5O3S. The zero-order valence-electron chi connectivity index (χ0n) is 20.7. The molecule has 2 aromatic carbocycles. The number of rotatable bonds is 8. The molecule has 0 spiro atoms. The first-order valence-corrected chi connectivity index (χ1v) is 13.8. The van der Waals surface area contributed by atoms with E-state index < -0.39 is 10.0 Å². The van der Waals surface area contributed by atoms with E-state index in [-0.39, 0.29) is 12.4 Å². The zero-order valence-corrected chi connectivity index (χ0v) is 22.3. The number of aromatic nitrogens is 3. The highest BCUT2D eigenvalue weighted by Crippen LogP contribution is 2.25. The van der Waals surface area contributed by atoms with Crippen molar-refractivity contribution in [1.82, 2.24) is 24.0 Å². The summed E-state index contributed by atoms with van der Waals surface area (Å²) in [5.41, 5.74) is 3.47. The second-order valence-corrected chi connectivity index (χ2v) is 11.2. The Morgan fingerprint density at radius 1 is 0.944 bits per heavy atom. The van der Waals surface area contributed by atoms with E-state index in [2.05, 4.69) is 31.8 Å². The largest absolute Gasteiger partial charge is 0.379 e. The average molecular weight is 532 g/mol. The first-order chi connectivity index (χ1) is 17.0. The second kappa shape index (κ2) is 11.8. The molecule has 0 N–H and O–H groups in total. The van der Waals surface area contributed by atoms with E-state index in [0.29, 0.717) is 31.2 Å². The van der Waals surface area contributed by atoms with Gasteiger partial charge in [0.2, 0.25) is 10.0 Å². The van der Waals surface area contributed by atoms with Crippen molar-refractivity contribution in [2.75, 3.05) is 39.4 Å². The topological polar surface area (TPSA) is 80.6 Å². The summed E-state index contributed by atoms with van der Waals surface area (Å²) in [7, 11) is -1.44. The first kappa shape index (κ1) is 26.8. The van der Waals surface area contributed by atoms with E-state index in [9.17, 15) is 8.42 Å². The van der Waals surface area contributed by atoms with Crippen molar-refractivity contribution in [3.8, 4) is 11.4 Å². The van der Waals surface area contributed by atoms with E-state index in [1.165, 1.54) is 9.87 Å². The molecule has 3 heterocycles. The Hall–Kier alpha value is -2.30. The summed E-state index contributed by atoms with van der Waals surface area (Å²) >= 11 is 0. The lowest BCUT2D eigenvalue weighted by Gasteiger charge is -2.30. The van der Waals surface area contributed by atoms with Gasteiger partial charge in [-0.25, -0.2) is 8.42 Å². The van der Waals surface area contributed by atoms with Gasteiger partial charge in [-0.05, 0) is 49.1 Å². The average Bonchev–Trinajstić information content (AvgIpc) is 3.27. The lowest BCUT2D eigenvalue weighted by atomic mass is 9.99. The molecule has 2 aliphatic heterocycles. The maximum Gasteiger partial charge on any atom is 0.243 e. The minimum absolute atomic E-state index is 0. The zero-order chi connectivity index (χ0) is 24.3. The number of fused-ring (bicyclic) bond motifs is 1. The minimum atomic E-state index is -3.47. The maximum absolute atomic E-state index is 13.1. The van der Waals surface area contributed by atoms with Crippen LogP contribution < -0.4 is 0 Å². The molecule has 194 valence electrons. The summed E-state index contributed by atoms with van der Waals surface area (Å²) < 4.78 is 35.1. The van der Waals surface area contributed by atoms with E-state index in [1.54, 1.807) is 6.07 Å². The van der Waals surface area contributed by atoms with E-state index in [0.717, 1.165) is 68.1 Å². The van der Waals surface area contributed by atoms with Crippen LogP contribution in [0, 0.1) is 0 Å². The van der Waals surface area contributed by atoms with Gasteiger partial charge >= 0.3 is 0 Å². The predicted molar refractivity (Wildman–Crippen MR) is 142 cm³/mol. The number of aryl methyl sites for hydroxylation is 1. The molecule has 3 aromatic rings. The molecule has 1 saturated heterocycles. The molecule has 0 atom stereocenters. The summed E-state index contributed by atoms with van der Waals surface area (Å²) in [6.45, 7) is 4.55. The van der Waals surface area contributed by atoms with Gasteiger partial charge in [0, 0.05) is 45.2 Å². The molecule has 0 radical (unpaired) electrons. The number of morpholine rings is 1. The van der Waals surface area contributed by atoms with Crippen LogP contribution in [0.3, 0.4) is 0 Å². The Balaban J connectivity index is 0.00000304. The molecule has 1 aromatic heterocycles. The number of halogens is 1. The highest BCUT2D eigenvalue weighted by molar-refractivity contribution is 7.89. The molecule has 0 aliphatic carbocycles. The molecular weight excluding hydrogens is 498 g/mol. The third kappa shape index (κ3) is 5.81. The molecule has 0 unspecified atom stereocenters. The van der Waals surface area contributed by atoms with Crippen molar-refractivity contribution in [1.29, 1.82) is 0 Å². The fourth-order valence-electron chi connectivity index (χ4n) is 4.92. The Kier molecular flexibility index (Phi) is 8.79. The summed E-state index contributed by atoms with van der Waals surface area (Å²) in [6.07, 6.45) is 3.95. The predicted octanol–water partition coefficient (Wildman–Crippen LogP) is 3.31. The molecule has 1 fully saturated rings. The van der Waals surface area contributed by atoms with Crippen LogP contribution in [0.5, 0.6) is 0 Å². The molecule has 36 heavy (non-hydrogen) atoms. The van der Waals surface area contributed by atoms with Gasteiger partial charge in [-0.3, -0.25) is 4.90 Å². The Labute approximate surface area is 219 Å². The van der Waals surface area contributed by atoms with Crippen LogP contribution in [0.4, 0.5) is 0 Å². The number of hydrogen-bond acceptors (Lipinski definition) is 6. The number of unbranched alkanes of at least 4 members (excludes halogenated alkanes) is 1. The molecule has 0 amide bonds. The highest BCUT2D eigenvalue weighted by atomic mass is 35.5. The third-order valence-corrected chi connectivity index (χ3v) is 8.89. The molecule has 0 saturated carbocycles. The van der Waals surface area contributed by atoms with Gasteiger partial charge in [-0.2, -0.15) is 4.31 Å². The van der Waals surface area contributed by atoms with Crippen LogP contribution in [0.1, 0.15) is 29.8 Å². The monoisotopic (exact) mass is 531 g/mol. The molecule has 0 bridgehead atoms. The van der Waals surface area contributed by atoms with Crippen LogP contribution in [0.15, 0.2) is 53.4 Å². The fourth-order valence-corrected chi connectivity index (χ4v) is 6.37.